The summed E-state index contributed by atoms with van der Waals surface area (Å²) in [6.07, 6.45) is 23.3. The highest BCUT2D eigenvalue weighted by atomic mass is 27.0. The lowest BCUT2D eigenvalue weighted by Gasteiger charge is -1.97. The Hall–Kier alpha value is -0.778. The van der Waals surface area contributed by atoms with Gasteiger partial charge in [0, 0.05) is 6.42 Å². The van der Waals surface area contributed by atoms with Crippen LogP contribution in [0.25, 0.3) is 0 Å². The van der Waals surface area contributed by atoms with Crippen molar-refractivity contribution in [2.24, 2.45) is 0 Å². The molecule has 0 atom stereocenters. The third-order valence-electron chi connectivity index (χ3n) is 3.09. The molecule has 0 fully saturated rings. The molecule has 0 aliphatic heterocycles. The van der Waals surface area contributed by atoms with E-state index in [-0.39, 0.29) is 17.4 Å². The molecule has 0 saturated carbocycles. The number of carboxylic acids is 1. The van der Waals surface area contributed by atoms with Crippen LogP contribution in [0.4, 0.5) is 0 Å². The van der Waals surface area contributed by atoms with Gasteiger partial charge in [-0.15, -0.1) is 0 Å². The van der Waals surface area contributed by atoms with E-state index in [2.05, 4.69) is 43.4 Å². The maximum absolute atomic E-state index is 10.3. The van der Waals surface area contributed by atoms with E-state index < -0.39 is 5.97 Å². The second-order valence-corrected chi connectivity index (χ2v) is 5.08. The molecule has 0 amide bonds. The molecule has 0 aromatic rings. The Bertz CT molecular complexity index is 306. The first-order chi connectivity index (χ1) is 9.77. The Kier molecular flexibility index (Phi) is 20.6. The molecule has 0 aliphatic carbocycles. The summed E-state index contributed by atoms with van der Waals surface area (Å²) < 4.78 is 0. The molecule has 0 saturated heterocycles. The minimum absolute atomic E-state index is 0. The number of allylic oxidation sites excluding steroid dienone is 6. The van der Waals surface area contributed by atoms with Gasteiger partial charge in [0.25, 0.3) is 0 Å². The van der Waals surface area contributed by atoms with Crippen LogP contribution in [0.1, 0.15) is 71.1 Å². The van der Waals surface area contributed by atoms with Crippen LogP contribution in [0.2, 0.25) is 0 Å². The third-order valence-corrected chi connectivity index (χ3v) is 3.09. The van der Waals surface area contributed by atoms with Gasteiger partial charge in [-0.3, -0.25) is 4.79 Å². The SMILES string of the molecule is CCCCC=CC=CC=CCCCCCCCC(=O)O.[AlH3]. The predicted molar refractivity (Wildman–Crippen MR) is 96.8 cm³/mol. The summed E-state index contributed by atoms with van der Waals surface area (Å²) in [6, 6.07) is 0. The van der Waals surface area contributed by atoms with Crippen molar-refractivity contribution in [2.45, 2.75) is 71.1 Å². The van der Waals surface area contributed by atoms with E-state index in [0.717, 1.165) is 25.7 Å². The minimum Gasteiger partial charge on any atom is -0.481 e. The van der Waals surface area contributed by atoms with Gasteiger partial charge < -0.3 is 5.11 Å². The smallest absolute Gasteiger partial charge is 0.303 e. The molecule has 3 heteroatoms. The monoisotopic (exact) mass is 308 g/mol. The van der Waals surface area contributed by atoms with E-state index in [1.54, 1.807) is 0 Å². The van der Waals surface area contributed by atoms with Gasteiger partial charge in [-0.1, -0.05) is 75.5 Å². The maximum Gasteiger partial charge on any atom is 0.303 e. The number of carboxylic acid groups (broad SMARTS) is 1. The van der Waals surface area contributed by atoms with E-state index in [9.17, 15) is 4.79 Å². The van der Waals surface area contributed by atoms with Gasteiger partial charge in [0.05, 0.1) is 0 Å². The van der Waals surface area contributed by atoms with Crippen molar-refractivity contribution in [1.29, 1.82) is 0 Å². The number of rotatable bonds is 13. The van der Waals surface area contributed by atoms with E-state index in [0.29, 0.717) is 6.42 Å². The number of carbonyl (C=O) groups is 1. The van der Waals surface area contributed by atoms with Gasteiger partial charge in [0.2, 0.25) is 0 Å². The third kappa shape index (κ3) is 21.7. The number of hydrogen-bond acceptors (Lipinski definition) is 1. The van der Waals surface area contributed by atoms with Gasteiger partial charge in [-0.25, -0.2) is 0 Å². The van der Waals surface area contributed by atoms with E-state index >= 15 is 0 Å². The molecule has 1 N–H and O–H groups in total. The minimum atomic E-state index is -0.677. The first kappa shape index (κ1) is 22.5. The zero-order valence-electron chi connectivity index (χ0n) is 12.9. The van der Waals surface area contributed by atoms with Gasteiger partial charge >= 0.3 is 5.97 Å². The lowest BCUT2D eigenvalue weighted by Crippen LogP contribution is -1.93. The van der Waals surface area contributed by atoms with Crippen molar-refractivity contribution in [3.8, 4) is 0 Å². The highest BCUT2D eigenvalue weighted by Gasteiger charge is 1.95. The van der Waals surface area contributed by atoms with Crippen molar-refractivity contribution in [3.63, 3.8) is 0 Å². The van der Waals surface area contributed by atoms with E-state index in [4.69, 9.17) is 5.11 Å². The molecule has 0 heterocycles. The molecule has 0 radical (unpaired) electrons. The Labute approximate surface area is 141 Å². The predicted octanol–water partition coefficient (Wildman–Crippen LogP) is 4.48. The van der Waals surface area contributed by atoms with E-state index in [1.165, 1.54) is 32.1 Å². The average Bonchev–Trinajstić information content (AvgIpc) is 2.43. The quantitative estimate of drug-likeness (QED) is 0.309. The fraction of sp³-hybridized carbons (Fsp3) is 0.611. The summed E-state index contributed by atoms with van der Waals surface area (Å²) in [6.45, 7) is 2.21. The molecule has 21 heavy (non-hydrogen) atoms. The Morgan fingerprint density at radius 1 is 0.810 bits per heavy atom. The summed E-state index contributed by atoms with van der Waals surface area (Å²) in [4.78, 5) is 10.3. The first-order valence-corrected chi connectivity index (χ1v) is 7.97. The summed E-state index contributed by atoms with van der Waals surface area (Å²) >= 11 is 0. The molecule has 0 aliphatic rings. The fourth-order valence-corrected chi connectivity index (χ4v) is 1.87. The number of hydrogen-bond donors (Lipinski definition) is 1. The first-order valence-electron chi connectivity index (χ1n) is 7.97. The van der Waals surface area contributed by atoms with Crippen molar-refractivity contribution < 1.29 is 9.90 Å². The molecule has 0 spiro atoms. The van der Waals surface area contributed by atoms with Crippen LogP contribution in [-0.4, -0.2) is 28.4 Å². The van der Waals surface area contributed by atoms with Gasteiger partial charge in [0.15, 0.2) is 17.4 Å². The molecule has 0 rings (SSSR count). The van der Waals surface area contributed by atoms with Gasteiger partial charge in [-0.05, 0) is 25.7 Å². The molecular formula is C18H33AlO2. The van der Waals surface area contributed by atoms with Crippen molar-refractivity contribution in [3.05, 3.63) is 36.5 Å². The van der Waals surface area contributed by atoms with Gasteiger partial charge in [-0.2, -0.15) is 0 Å². The molecule has 0 bridgehead atoms. The van der Waals surface area contributed by atoms with E-state index in [1.807, 2.05) is 0 Å². The van der Waals surface area contributed by atoms with Crippen molar-refractivity contribution >= 4 is 23.3 Å². The second kappa shape index (κ2) is 19.2. The van der Waals surface area contributed by atoms with Gasteiger partial charge in [0.1, 0.15) is 0 Å². The number of aliphatic carboxylic acids is 1. The Morgan fingerprint density at radius 3 is 1.90 bits per heavy atom. The topological polar surface area (TPSA) is 37.3 Å². The van der Waals surface area contributed by atoms with Crippen molar-refractivity contribution in [1.82, 2.24) is 0 Å². The molecule has 0 unspecified atom stereocenters. The molecule has 120 valence electrons. The Morgan fingerprint density at radius 2 is 1.33 bits per heavy atom. The van der Waals surface area contributed by atoms with Crippen LogP contribution < -0.4 is 0 Å². The summed E-state index contributed by atoms with van der Waals surface area (Å²) in [5, 5.41) is 8.50. The van der Waals surface area contributed by atoms with Crippen LogP contribution in [-0.2, 0) is 4.79 Å². The molecule has 0 aromatic heterocycles. The van der Waals surface area contributed by atoms with Crippen LogP contribution >= 0.6 is 0 Å². The summed E-state index contributed by atoms with van der Waals surface area (Å²) in [5.41, 5.74) is 0. The average molecular weight is 308 g/mol. The normalized spacial score (nSPS) is 11.5. The highest BCUT2D eigenvalue weighted by molar-refractivity contribution is 5.75. The zero-order valence-corrected chi connectivity index (χ0v) is 12.9. The van der Waals surface area contributed by atoms with Crippen LogP contribution in [0, 0.1) is 0 Å². The van der Waals surface area contributed by atoms with Crippen LogP contribution in [0.3, 0.4) is 0 Å². The standard InChI is InChI=1S/C18H30O2.Al.3H/c1-2-3-4-5-6-7-8-9-10-11-12-13-14-15-16-17-18(19)20;;;;/h5-10H,2-4,11-17H2,1H3,(H,19,20);;;;. The van der Waals surface area contributed by atoms with Crippen LogP contribution in [0.5, 0.6) is 0 Å². The second-order valence-electron chi connectivity index (χ2n) is 5.08. The largest absolute Gasteiger partial charge is 0.481 e. The highest BCUT2D eigenvalue weighted by Crippen LogP contribution is 2.07. The zero-order chi connectivity index (χ0) is 14.9. The number of unbranched alkanes of at least 4 members (excludes halogenated alkanes) is 7. The molecular weight excluding hydrogens is 275 g/mol. The lowest BCUT2D eigenvalue weighted by molar-refractivity contribution is -0.137. The maximum atomic E-state index is 10.3. The van der Waals surface area contributed by atoms with Crippen LogP contribution in [0.15, 0.2) is 36.5 Å². The summed E-state index contributed by atoms with van der Waals surface area (Å²) in [5.74, 6) is -0.677. The summed E-state index contributed by atoms with van der Waals surface area (Å²) in [7, 11) is 0. The lowest BCUT2D eigenvalue weighted by atomic mass is 10.1. The molecule has 0 aromatic carbocycles. The molecule has 2 nitrogen and oxygen atoms in total. The van der Waals surface area contributed by atoms with Crippen molar-refractivity contribution in [2.75, 3.05) is 0 Å². The fourth-order valence-electron chi connectivity index (χ4n) is 1.87. The Balaban J connectivity index is 0.